The van der Waals surface area contributed by atoms with Crippen molar-refractivity contribution in [3.8, 4) is 11.3 Å². The summed E-state index contributed by atoms with van der Waals surface area (Å²) >= 11 is 1.33. The van der Waals surface area contributed by atoms with E-state index in [1.165, 1.54) is 29.8 Å². The highest BCUT2D eigenvalue weighted by atomic mass is 32.1. The van der Waals surface area contributed by atoms with E-state index in [1.54, 1.807) is 27.8 Å². The van der Waals surface area contributed by atoms with E-state index in [9.17, 15) is 9.59 Å². The number of aromatic nitrogens is 1. The van der Waals surface area contributed by atoms with Gasteiger partial charge in [0, 0.05) is 30.1 Å². The predicted molar refractivity (Wildman–Crippen MR) is 158 cm³/mol. The minimum atomic E-state index is -0.639. The molecular weight excluding hydrogens is 498 g/mol. The van der Waals surface area contributed by atoms with E-state index in [-0.39, 0.29) is 12.5 Å². The Bertz CT molecular complexity index is 1130. The van der Waals surface area contributed by atoms with Crippen LogP contribution in [0.4, 0.5) is 9.93 Å². The molecule has 38 heavy (non-hydrogen) atoms. The summed E-state index contributed by atoms with van der Waals surface area (Å²) in [5.41, 5.74) is 4.24. The predicted octanol–water partition coefficient (Wildman–Crippen LogP) is 6.01. The molecule has 1 heterocycles. The normalized spacial score (nSPS) is 13.4. The first-order valence-electron chi connectivity index (χ1n) is 13.1. The van der Waals surface area contributed by atoms with E-state index in [4.69, 9.17) is 4.74 Å². The van der Waals surface area contributed by atoms with Gasteiger partial charge in [-0.1, -0.05) is 44.0 Å². The Hall–Kier alpha value is -3.04. The zero-order valence-electron chi connectivity index (χ0n) is 24.1. The number of carbonyl (C=O) groups excluding carboxylic acids is 2. The second-order valence-electron chi connectivity index (χ2n) is 10.7. The molecule has 0 radical (unpaired) electrons. The Kier molecular flexibility index (Phi) is 12.1. The van der Waals surface area contributed by atoms with Gasteiger partial charge < -0.3 is 20.3 Å². The molecule has 1 unspecified atom stereocenters. The highest BCUT2D eigenvalue weighted by molar-refractivity contribution is 7.14. The van der Waals surface area contributed by atoms with Gasteiger partial charge in [-0.25, -0.2) is 9.78 Å². The Labute approximate surface area is 231 Å². The van der Waals surface area contributed by atoms with Crippen molar-refractivity contribution in [2.45, 2.75) is 60.0 Å². The standard InChI is InChI=1S/C29H43N5O3S/c1-9-20(2)13-14-34(8)18-21(3)15-24(30-7)22-11-10-12-23(16-22)25-19-38-27(32-25)33-26(35)17-31-28(36)37-29(4,5)6/h10-12,15-16,19-20H,9,13-14,17-18H2,1-8H3,(H,31,36)(H,32,33,35)/b21-15+,30-24+. The summed E-state index contributed by atoms with van der Waals surface area (Å²) in [6.07, 6.45) is 3.92. The Balaban J connectivity index is 2.01. The molecule has 0 aliphatic carbocycles. The molecule has 2 rings (SSSR count). The van der Waals surface area contributed by atoms with E-state index in [1.807, 2.05) is 23.6 Å². The number of hydrogen-bond donors (Lipinski definition) is 2. The summed E-state index contributed by atoms with van der Waals surface area (Å²) in [4.78, 5) is 35.4. The van der Waals surface area contributed by atoms with Crippen molar-refractivity contribution in [1.29, 1.82) is 0 Å². The van der Waals surface area contributed by atoms with Gasteiger partial charge in [0.2, 0.25) is 5.91 Å². The molecule has 1 aromatic carbocycles. The molecule has 9 heteroatoms. The third-order valence-corrected chi connectivity index (χ3v) is 6.60. The van der Waals surface area contributed by atoms with Gasteiger partial charge in [-0.2, -0.15) is 0 Å². The zero-order chi connectivity index (χ0) is 28.3. The molecule has 2 N–H and O–H groups in total. The lowest BCUT2D eigenvalue weighted by Gasteiger charge is -2.19. The summed E-state index contributed by atoms with van der Waals surface area (Å²) in [6.45, 7) is 13.7. The number of carbonyl (C=O) groups is 2. The number of alkyl carbamates (subject to hydrolysis) is 1. The molecule has 1 aromatic heterocycles. The minimum Gasteiger partial charge on any atom is -0.444 e. The molecule has 0 saturated carbocycles. The first kappa shape index (κ1) is 31.2. The number of thiazole rings is 1. The fourth-order valence-corrected chi connectivity index (χ4v) is 4.37. The number of anilines is 1. The molecule has 2 aromatic rings. The maximum atomic E-state index is 12.2. The van der Waals surface area contributed by atoms with E-state index in [0.717, 1.165) is 41.5 Å². The molecule has 8 nitrogen and oxygen atoms in total. The number of nitrogens with zero attached hydrogens (tertiary/aromatic N) is 3. The molecule has 0 fully saturated rings. The van der Waals surface area contributed by atoms with Crippen molar-refractivity contribution in [3.05, 3.63) is 46.9 Å². The fourth-order valence-electron chi connectivity index (χ4n) is 3.64. The van der Waals surface area contributed by atoms with Crippen molar-refractivity contribution >= 4 is 34.2 Å². The number of rotatable bonds is 12. The van der Waals surface area contributed by atoms with Crippen LogP contribution in [0.1, 0.15) is 59.9 Å². The molecule has 2 amide bonds. The van der Waals surface area contributed by atoms with Crippen LogP contribution in [0.5, 0.6) is 0 Å². The van der Waals surface area contributed by atoms with Gasteiger partial charge in [-0.05, 0) is 65.8 Å². The number of hydrogen-bond acceptors (Lipinski definition) is 7. The van der Waals surface area contributed by atoms with Crippen molar-refractivity contribution in [2.24, 2.45) is 10.9 Å². The topological polar surface area (TPSA) is 95.9 Å². The van der Waals surface area contributed by atoms with Crippen LogP contribution in [0, 0.1) is 5.92 Å². The van der Waals surface area contributed by atoms with Crippen molar-refractivity contribution in [1.82, 2.24) is 15.2 Å². The van der Waals surface area contributed by atoms with Crippen LogP contribution in [-0.2, 0) is 9.53 Å². The largest absolute Gasteiger partial charge is 0.444 e. The lowest BCUT2D eigenvalue weighted by molar-refractivity contribution is -0.115. The molecule has 0 spiro atoms. The van der Waals surface area contributed by atoms with E-state index < -0.39 is 11.7 Å². The maximum Gasteiger partial charge on any atom is 0.408 e. The average Bonchev–Trinajstić information content (AvgIpc) is 3.32. The van der Waals surface area contributed by atoms with Crippen molar-refractivity contribution in [2.75, 3.05) is 39.0 Å². The summed E-state index contributed by atoms with van der Waals surface area (Å²) < 4.78 is 5.15. The van der Waals surface area contributed by atoms with Gasteiger partial charge in [-0.15, -0.1) is 11.3 Å². The number of amides is 2. The summed E-state index contributed by atoms with van der Waals surface area (Å²) in [5.74, 6) is 0.367. The smallest absolute Gasteiger partial charge is 0.408 e. The highest BCUT2D eigenvalue weighted by Crippen LogP contribution is 2.26. The third kappa shape index (κ3) is 11.1. The molecule has 0 bridgehead atoms. The zero-order valence-corrected chi connectivity index (χ0v) is 24.9. The molecule has 0 aliphatic rings. The highest BCUT2D eigenvalue weighted by Gasteiger charge is 2.17. The quantitative estimate of drug-likeness (QED) is 0.321. The first-order valence-corrected chi connectivity index (χ1v) is 13.9. The van der Waals surface area contributed by atoms with Gasteiger partial charge >= 0.3 is 6.09 Å². The molecular formula is C29H43N5O3S. The van der Waals surface area contributed by atoms with Gasteiger partial charge in [0.1, 0.15) is 12.1 Å². The van der Waals surface area contributed by atoms with Crippen LogP contribution in [-0.4, -0.2) is 66.9 Å². The molecule has 0 saturated heterocycles. The minimum absolute atomic E-state index is 0.200. The Morgan fingerprint density at radius 2 is 2.03 bits per heavy atom. The number of nitrogens with one attached hydrogen (secondary N) is 2. The van der Waals surface area contributed by atoms with Gasteiger partial charge in [0.25, 0.3) is 0 Å². The Morgan fingerprint density at radius 3 is 2.68 bits per heavy atom. The molecule has 1 atom stereocenters. The average molecular weight is 542 g/mol. The summed E-state index contributed by atoms with van der Waals surface area (Å²) in [5, 5.41) is 7.53. The van der Waals surface area contributed by atoms with Crippen LogP contribution in [0.25, 0.3) is 11.3 Å². The van der Waals surface area contributed by atoms with Gasteiger partial charge in [-0.3, -0.25) is 9.79 Å². The van der Waals surface area contributed by atoms with Gasteiger partial charge in [0.15, 0.2) is 5.13 Å². The van der Waals surface area contributed by atoms with Crippen molar-refractivity contribution < 1.29 is 14.3 Å². The second kappa shape index (κ2) is 14.8. The SMILES string of the molecule is CCC(C)CCN(C)C/C(C)=C/C(=N\C)c1cccc(-c2csc(NC(=O)CNC(=O)OC(C)(C)C)n2)c1. The maximum absolute atomic E-state index is 12.2. The first-order chi connectivity index (χ1) is 17.9. The second-order valence-corrected chi connectivity index (χ2v) is 11.5. The number of benzene rings is 1. The summed E-state index contributed by atoms with van der Waals surface area (Å²) in [7, 11) is 3.97. The molecule has 208 valence electrons. The van der Waals surface area contributed by atoms with Crippen LogP contribution in [0.15, 0.2) is 46.3 Å². The van der Waals surface area contributed by atoms with Crippen LogP contribution in [0.3, 0.4) is 0 Å². The van der Waals surface area contributed by atoms with E-state index >= 15 is 0 Å². The lowest BCUT2D eigenvalue weighted by atomic mass is 10.0. The monoisotopic (exact) mass is 541 g/mol. The lowest BCUT2D eigenvalue weighted by Crippen LogP contribution is -2.37. The number of aliphatic imine (C=N–C) groups is 1. The van der Waals surface area contributed by atoms with Crippen LogP contribution >= 0.6 is 11.3 Å². The Morgan fingerprint density at radius 1 is 1.29 bits per heavy atom. The fraction of sp³-hybridized carbons (Fsp3) is 0.517. The third-order valence-electron chi connectivity index (χ3n) is 5.84. The number of allylic oxidation sites excluding steroid dienone is 1. The van der Waals surface area contributed by atoms with E-state index in [0.29, 0.717) is 5.13 Å². The van der Waals surface area contributed by atoms with Gasteiger partial charge in [0.05, 0.1) is 11.4 Å². The number of likely N-dealkylation sites (N-methyl/N-ethyl adjacent to an activating group) is 1. The molecule has 0 aliphatic heterocycles. The van der Waals surface area contributed by atoms with Crippen LogP contribution in [0.2, 0.25) is 0 Å². The summed E-state index contributed by atoms with van der Waals surface area (Å²) in [6, 6.07) is 8.07. The van der Waals surface area contributed by atoms with Crippen LogP contribution < -0.4 is 10.6 Å². The van der Waals surface area contributed by atoms with E-state index in [2.05, 4.69) is 65.5 Å². The number of ether oxygens (including phenoxy) is 1. The van der Waals surface area contributed by atoms with Crippen molar-refractivity contribution in [3.63, 3.8) is 0 Å².